The Labute approximate surface area is 122 Å². The Morgan fingerprint density at radius 2 is 1.81 bits per heavy atom. The van der Waals surface area contributed by atoms with E-state index in [2.05, 4.69) is 5.32 Å². The average Bonchev–Trinajstić information content (AvgIpc) is 2.96. The second-order valence-corrected chi connectivity index (χ2v) is 6.07. The van der Waals surface area contributed by atoms with E-state index in [1.54, 1.807) is 0 Å². The van der Waals surface area contributed by atoms with E-state index >= 15 is 0 Å². The van der Waals surface area contributed by atoms with Crippen molar-refractivity contribution in [1.82, 2.24) is 0 Å². The molecule has 2 aliphatic carbocycles. The van der Waals surface area contributed by atoms with Crippen LogP contribution in [0.2, 0.25) is 0 Å². The standard InChI is InChI=1S/C16H20F3NO/c1-2-21-14-9-13(16(14)5-3-4-6-16)20-10-7-11(17)15(19)12(18)8-10/h7-8,13-14,20H,2-6,9H2,1H3. The first-order valence-electron chi connectivity index (χ1n) is 7.59. The molecule has 0 aliphatic heterocycles. The van der Waals surface area contributed by atoms with Crippen LogP contribution in [-0.4, -0.2) is 18.8 Å². The summed E-state index contributed by atoms with van der Waals surface area (Å²) in [7, 11) is 0. The molecule has 2 saturated carbocycles. The van der Waals surface area contributed by atoms with Gasteiger partial charge < -0.3 is 10.1 Å². The van der Waals surface area contributed by atoms with Gasteiger partial charge in [-0.15, -0.1) is 0 Å². The number of hydrogen-bond donors (Lipinski definition) is 1. The number of halogens is 3. The minimum atomic E-state index is -1.42. The number of nitrogens with one attached hydrogen (secondary N) is 1. The summed E-state index contributed by atoms with van der Waals surface area (Å²) in [5.41, 5.74) is 0.370. The highest BCUT2D eigenvalue weighted by Crippen LogP contribution is 2.55. The maximum absolute atomic E-state index is 13.3. The van der Waals surface area contributed by atoms with Gasteiger partial charge in [0.05, 0.1) is 6.10 Å². The summed E-state index contributed by atoms with van der Waals surface area (Å²) in [5.74, 6) is -3.73. The van der Waals surface area contributed by atoms with Crippen molar-refractivity contribution in [3.05, 3.63) is 29.6 Å². The molecule has 21 heavy (non-hydrogen) atoms. The summed E-state index contributed by atoms with van der Waals surface area (Å²) >= 11 is 0. The number of anilines is 1. The van der Waals surface area contributed by atoms with Gasteiger partial charge >= 0.3 is 0 Å². The van der Waals surface area contributed by atoms with Crippen molar-refractivity contribution in [2.45, 2.75) is 51.2 Å². The van der Waals surface area contributed by atoms with E-state index in [9.17, 15) is 13.2 Å². The van der Waals surface area contributed by atoms with E-state index in [0.29, 0.717) is 12.3 Å². The fraction of sp³-hybridized carbons (Fsp3) is 0.625. The molecule has 0 heterocycles. The molecule has 2 nitrogen and oxygen atoms in total. The molecule has 1 N–H and O–H groups in total. The van der Waals surface area contributed by atoms with Gasteiger partial charge in [0, 0.05) is 35.9 Å². The summed E-state index contributed by atoms with van der Waals surface area (Å²) in [5, 5.41) is 3.18. The molecule has 1 aromatic carbocycles. The maximum Gasteiger partial charge on any atom is 0.194 e. The first-order valence-corrected chi connectivity index (χ1v) is 7.59. The second-order valence-electron chi connectivity index (χ2n) is 6.07. The van der Waals surface area contributed by atoms with Crippen molar-refractivity contribution in [3.8, 4) is 0 Å². The van der Waals surface area contributed by atoms with Crippen LogP contribution >= 0.6 is 0 Å². The van der Waals surface area contributed by atoms with Gasteiger partial charge in [-0.1, -0.05) is 12.8 Å². The average molecular weight is 299 g/mol. The van der Waals surface area contributed by atoms with Crippen LogP contribution in [0.3, 0.4) is 0 Å². The predicted molar refractivity (Wildman–Crippen MR) is 74.7 cm³/mol. The normalized spacial score (nSPS) is 26.9. The highest BCUT2D eigenvalue weighted by atomic mass is 19.2. The van der Waals surface area contributed by atoms with Gasteiger partial charge in [-0.05, 0) is 26.2 Å². The zero-order valence-corrected chi connectivity index (χ0v) is 12.1. The Kier molecular flexibility index (Phi) is 3.86. The van der Waals surface area contributed by atoms with E-state index in [4.69, 9.17) is 4.74 Å². The third-order valence-corrected chi connectivity index (χ3v) is 5.01. The molecule has 0 bridgehead atoms. The fourth-order valence-electron chi connectivity index (χ4n) is 3.93. The molecular weight excluding hydrogens is 279 g/mol. The van der Waals surface area contributed by atoms with Gasteiger partial charge in [-0.3, -0.25) is 0 Å². The first kappa shape index (κ1) is 14.7. The molecule has 2 atom stereocenters. The molecule has 2 aliphatic rings. The van der Waals surface area contributed by atoms with Gasteiger partial charge in [0.15, 0.2) is 17.5 Å². The number of ether oxygens (including phenoxy) is 1. The van der Waals surface area contributed by atoms with Crippen LogP contribution in [0.4, 0.5) is 18.9 Å². The Morgan fingerprint density at radius 1 is 1.19 bits per heavy atom. The fourth-order valence-corrected chi connectivity index (χ4v) is 3.93. The quantitative estimate of drug-likeness (QED) is 0.839. The van der Waals surface area contributed by atoms with Crippen molar-refractivity contribution in [2.24, 2.45) is 5.41 Å². The molecule has 1 aromatic rings. The number of hydrogen-bond acceptors (Lipinski definition) is 2. The third kappa shape index (κ3) is 2.41. The molecule has 5 heteroatoms. The largest absolute Gasteiger partial charge is 0.381 e. The SMILES string of the molecule is CCOC1CC(Nc2cc(F)c(F)c(F)c2)C12CCCC2. The highest BCUT2D eigenvalue weighted by molar-refractivity contribution is 5.46. The molecular formula is C16H20F3NO. The second kappa shape index (κ2) is 5.52. The van der Waals surface area contributed by atoms with Crippen LogP contribution in [0.1, 0.15) is 39.0 Å². The Bertz CT molecular complexity index is 505. The summed E-state index contributed by atoms with van der Waals surface area (Å²) < 4.78 is 45.4. The minimum Gasteiger partial charge on any atom is -0.381 e. The van der Waals surface area contributed by atoms with Crippen LogP contribution in [0.25, 0.3) is 0 Å². The molecule has 1 spiro atoms. The summed E-state index contributed by atoms with van der Waals surface area (Å²) in [6.07, 6.45) is 5.51. The smallest absolute Gasteiger partial charge is 0.194 e. The van der Waals surface area contributed by atoms with Crippen LogP contribution < -0.4 is 5.32 Å². The first-order chi connectivity index (χ1) is 10.1. The molecule has 0 amide bonds. The molecule has 0 aromatic heterocycles. The van der Waals surface area contributed by atoms with E-state index < -0.39 is 17.5 Å². The van der Waals surface area contributed by atoms with E-state index in [-0.39, 0.29) is 17.6 Å². The third-order valence-electron chi connectivity index (χ3n) is 5.01. The van der Waals surface area contributed by atoms with E-state index in [0.717, 1.165) is 44.2 Å². The molecule has 2 fully saturated rings. The minimum absolute atomic E-state index is 0.0668. The van der Waals surface area contributed by atoms with Crippen molar-refractivity contribution >= 4 is 5.69 Å². The lowest BCUT2D eigenvalue weighted by molar-refractivity contribution is -0.114. The van der Waals surface area contributed by atoms with Crippen molar-refractivity contribution in [1.29, 1.82) is 0 Å². The van der Waals surface area contributed by atoms with Crippen molar-refractivity contribution < 1.29 is 17.9 Å². The van der Waals surface area contributed by atoms with Gasteiger partial charge in [0.2, 0.25) is 0 Å². The Morgan fingerprint density at radius 3 is 2.38 bits per heavy atom. The van der Waals surface area contributed by atoms with Crippen LogP contribution in [0.15, 0.2) is 12.1 Å². The zero-order valence-electron chi connectivity index (χ0n) is 12.1. The number of rotatable bonds is 4. The lowest BCUT2D eigenvalue weighted by atomic mass is 9.60. The van der Waals surface area contributed by atoms with Crippen molar-refractivity contribution in [2.75, 3.05) is 11.9 Å². The van der Waals surface area contributed by atoms with Gasteiger partial charge in [-0.25, -0.2) is 13.2 Å². The lowest BCUT2D eigenvalue weighted by Gasteiger charge is -2.54. The summed E-state index contributed by atoms with van der Waals surface area (Å²) in [4.78, 5) is 0. The van der Waals surface area contributed by atoms with E-state index in [1.165, 1.54) is 0 Å². The summed E-state index contributed by atoms with van der Waals surface area (Å²) in [6.45, 7) is 2.66. The van der Waals surface area contributed by atoms with E-state index in [1.807, 2.05) is 6.92 Å². The molecule has 0 radical (unpaired) electrons. The van der Waals surface area contributed by atoms with Crippen LogP contribution in [0.5, 0.6) is 0 Å². The summed E-state index contributed by atoms with van der Waals surface area (Å²) in [6, 6.07) is 2.19. The monoisotopic (exact) mass is 299 g/mol. The lowest BCUT2D eigenvalue weighted by Crippen LogP contribution is -2.60. The van der Waals surface area contributed by atoms with Gasteiger partial charge in [-0.2, -0.15) is 0 Å². The highest BCUT2D eigenvalue weighted by Gasteiger charge is 2.56. The maximum atomic E-state index is 13.3. The van der Waals surface area contributed by atoms with Gasteiger partial charge in [0.25, 0.3) is 0 Å². The Hall–Kier alpha value is -1.23. The molecule has 3 rings (SSSR count). The Balaban J connectivity index is 1.76. The molecule has 0 saturated heterocycles. The zero-order chi connectivity index (χ0) is 15.0. The molecule has 2 unspecified atom stereocenters. The van der Waals surface area contributed by atoms with Crippen molar-refractivity contribution in [3.63, 3.8) is 0 Å². The topological polar surface area (TPSA) is 21.3 Å². The van der Waals surface area contributed by atoms with Crippen LogP contribution in [-0.2, 0) is 4.74 Å². The predicted octanol–water partition coefficient (Wildman–Crippen LogP) is 4.25. The van der Waals surface area contributed by atoms with Gasteiger partial charge in [0.1, 0.15) is 0 Å². The van der Waals surface area contributed by atoms with Crippen LogP contribution in [0, 0.1) is 22.9 Å². The number of benzene rings is 1. The molecule has 116 valence electrons.